The molecule has 0 aromatic heterocycles. The SMILES string of the molecule is CC(C)=CCC[C@H](C)CN1CCNCC1. The van der Waals surface area contributed by atoms with Crippen molar-refractivity contribution in [2.75, 3.05) is 32.7 Å². The first-order chi connectivity index (χ1) is 7.18. The Balaban J connectivity index is 2.11. The van der Waals surface area contributed by atoms with Crippen molar-refractivity contribution in [1.29, 1.82) is 0 Å². The van der Waals surface area contributed by atoms with Gasteiger partial charge >= 0.3 is 0 Å². The molecule has 15 heavy (non-hydrogen) atoms. The van der Waals surface area contributed by atoms with Crippen molar-refractivity contribution < 1.29 is 0 Å². The topological polar surface area (TPSA) is 15.3 Å². The Kier molecular flexibility index (Phi) is 5.96. The normalized spacial score (nSPS) is 19.9. The highest BCUT2D eigenvalue weighted by Gasteiger charge is 2.12. The summed E-state index contributed by atoms with van der Waals surface area (Å²) in [6.07, 6.45) is 4.93. The number of hydrogen-bond donors (Lipinski definition) is 1. The van der Waals surface area contributed by atoms with Crippen molar-refractivity contribution >= 4 is 0 Å². The van der Waals surface area contributed by atoms with Gasteiger partial charge in [0.1, 0.15) is 0 Å². The fraction of sp³-hybridized carbons (Fsp3) is 0.846. The minimum atomic E-state index is 0.832. The Labute approximate surface area is 94.7 Å². The molecule has 0 aromatic rings. The van der Waals surface area contributed by atoms with E-state index in [1.54, 1.807) is 0 Å². The van der Waals surface area contributed by atoms with Gasteiger partial charge in [0.25, 0.3) is 0 Å². The number of hydrogen-bond acceptors (Lipinski definition) is 2. The molecule has 0 aliphatic carbocycles. The van der Waals surface area contributed by atoms with Gasteiger partial charge in [0.05, 0.1) is 0 Å². The molecule has 0 unspecified atom stereocenters. The van der Waals surface area contributed by atoms with Gasteiger partial charge in [-0.3, -0.25) is 0 Å². The quantitative estimate of drug-likeness (QED) is 0.700. The van der Waals surface area contributed by atoms with E-state index in [0.29, 0.717) is 0 Å². The third-order valence-corrected chi connectivity index (χ3v) is 2.99. The van der Waals surface area contributed by atoms with Crippen molar-refractivity contribution in [3.8, 4) is 0 Å². The molecular formula is C13H26N2. The fourth-order valence-corrected chi connectivity index (χ4v) is 2.08. The Morgan fingerprint density at radius 2 is 2.00 bits per heavy atom. The maximum atomic E-state index is 3.39. The van der Waals surface area contributed by atoms with Crippen LogP contribution in [0.4, 0.5) is 0 Å². The van der Waals surface area contributed by atoms with Crippen LogP contribution in [0.3, 0.4) is 0 Å². The van der Waals surface area contributed by atoms with E-state index >= 15 is 0 Å². The maximum absolute atomic E-state index is 3.39. The number of nitrogens with one attached hydrogen (secondary N) is 1. The molecule has 1 rings (SSSR count). The summed E-state index contributed by atoms with van der Waals surface area (Å²) in [6.45, 7) is 12.8. The summed E-state index contributed by atoms with van der Waals surface area (Å²) in [6, 6.07) is 0. The van der Waals surface area contributed by atoms with E-state index < -0.39 is 0 Å². The minimum absolute atomic E-state index is 0.832. The highest BCUT2D eigenvalue weighted by molar-refractivity contribution is 4.92. The van der Waals surface area contributed by atoms with Crippen LogP contribution in [0, 0.1) is 5.92 Å². The van der Waals surface area contributed by atoms with Crippen LogP contribution in [0.1, 0.15) is 33.6 Å². The molecule has 88 valence electrons. The molecule has 0 bridgehead atoms. The molecule has 1 saturated heterocycles. The molecule has 1 aliphatic heterocycles. The highest BCUT2D eigenvalue weighted by Crippen LogP contribution is 2.10. The second kappa shape index (κ2) is 7.02. The Hall–Kier alpha value is -0.340. The van der Waals surface area contributed by atoms with Gasteiger partial charge < -0.3 is 10.2 Å². The van der Waals surface area contributed by atoms with Crippen LogP contribution in [0.25, 0.3) is 0 Å². The second-order valence-corrected chi connectivity index (χ2v) is 5.01. The lowest BCUT2D eigenvalue weighted by Gasteiger charge is -2.29. The lowest BCUT2D eigenvalue weighted by atomic mass is 10.0. The molecule has 2 nitrogen and oxygen atoms in total. The van der Waals surface area contributed by atoms with Gasteiger partial charge in [-0.25, -0.2) is 0 Å². The third-order valence-electron chi connectivity index (χ3n) is 2.99. The van der Waals surface area contributed by atoms with Crippen molar-refractivity contribution in [2.24, 2.45) is 5.92 Å². The van der Waals surface area contributed by atoms with E-state index in [1.165, 1.54) is 51.1 Å². The predicted octanol–water partition coefficient (Wildman–Crippen LogP) is 2.27. The first-order valence-corrected chi connectivity index (χ1v) is 6.25. The van der Waals surface area contributed by atoms with Gasteiger partial charge in [-0.2, -0.15) is 0 Å². The fourth-order valence-electron chi connectivity index (χ4n) is 2.08. The molecule has 0 amide bonds. The van der Waals surface area contributed by atoms with Crippen LogP contribution in [0.5, 0.6) is 0 Å². The molecule has 1 aliphatic rings. The summed E-state index contributed by atoms with van der Waals surface area (Å²) in [5.74, 6) is 0.832. The van der Waals surface area contributed by atoms with Crippen molar-refractivity contribution in [2.45, 2.75) is 33.6 Å². The first kappa shape index (κ1) is 12.7. The van der Waals surface area contributed by atoms with E-state index in [9.17, 15) is 0 Å². The number of nitrogens with zero attached hydrogens (tertiary/aromatic N) is 1. The van der Waals surface area contributed by atoms with Crippen LogP contribution >= 0.6 is 0 Å². The molecule has 1 N–H and O–H groups in total. The van der Waals surface area contributed by atoms with Crippen molar-refractivity contribution in [3.05, 3.63) is 11.6 Å². The smallest absolute Gasteiger partial charge is 0.0107 e. The summed E-state index contributed by atoms with van der Waals surface area (Å²) in [4.78, 5) is 2.59. The molecular weight excluding hydrogens is 184 g/mol. The summed E-state index contributed by atoms with van der Waals surface area (Å²) in [5.41, 5.74) is 1.45. The van der Waals surface area contributed by atoms with Gasteiger partial charge in [0.15, 0.2) is 0 Å². The zero-order chi connectivity index (χ0) is 11.1. The zero-order valence-corrected chi connectivity index (χ0v) is 10.6. The van der Waals surface area contributed by atoms with Crippen LogP contribution < -0.4 is 5.32 Å². The number of allylic oxidation sites excluding steroid dienone is 2. The number of rotatable bonds is 5. The highest BCUT2D eigenvalue weighted by atomic mass is 15.2. The van der Waals surface area contributed by atoms with Gasteiger partial charge in [-0.1, -0.05) is 18.6 Å². The van der Waals surface area contributed by atoms with Gasteiger partial charge in [0, 0.05) is 32.7 Å². The molecule has 0 saturated carbocycles. The lowest BCUT2D eigenvalue weighted by Crippen LogP contribution is -2.45. The summed E-state index contributed by atoms with van der Waals surface area (Å²) < 4.78 is 0. The predicted molar refractivity (Wildman–Crippen MR) is 67.1 cm³/mol. The monoisotopic (exact) mass is 210 g/mol. The van der Waals surface area contributed by atoms with Crippen molar-refractivity contribution in [3.63, 3.8) is 0 Å². The second-order valence-electron chi connectivity index (χ2n) is 5.01. The van der Waals surface area contributed by atoms with Crippen molar-refractivity contribution in [1.82, 2.24) is 10.2 Å². The van der Waals surface area contributed by atoms with Crippen LogP contribution in [-0.4, -0.2) is 37.6 Å². The lowest BCUT2D eigenvalue weighted by molar-refractivity contribution is 0.207. The zero-order valence-electron chi connectivity index (χ0n) is 10.6. The van der Waals surface area contributed by atoms with Crippen LogP contribution in [0.2, 0.25) is 0 Å². The van der Waals surface area contributed by atoms with Crippen LogP contribution in [0.15, 0.2) is 11.6 Å². The Morgan fingerprint density at radius 1 is 1.33 bits per heavy atom. The molecule has 1 atom stereocenters. The van der Waals surface area contributed by atoms with E-state index in [1.807, 2.05) is 0 Å². The number of piperazine rings is 1. The molecule has 0 radical (unpaired) electrons. The standard InChI is InChI=1S/C13H26N2/c1-12(2)5-4-6-13(3)11-15-9-7-14-8-10-15/h5,13-14H,4,6-11H2,1-3H3/t13-/m0/s1. The Morgan fingerprint density at radius 3 is 2.60 bits per heavy atom. The maximum Gasteiger partial charge on any atom is 0.0107 e. The molecule has 0 aromatic carbocycles. The average molecular weight is 210 g/mol. The molecule has 1 heterocycles. The van der Waals surface area contributed by atoms with Gasteiger partial charge in [0.2, 0.25) is 0 Å². The van der Waals surface area contributed by atoms with E-state index in [4.69, 9.17) is 0 Å². The molecule has 1 fully saturated rings. The van der Waals surface area contributed by atoms with E-state index in [2.05, 4.69) is 37.1 Å². The van der Waals surface area contributed by atoms with Crippen LogP contribution in [-0.2, 0) is 0 Å². The Bertz CT molecular complexity index is 189. The van der Waals surface area contributed by atoms with Gasteiger partial charge in [-0.15, -0.1) is 0 Å². The van der Waals surface area contributed by atoms with Gasteiger partial charge in [-0.05, 0) is 32.6 Å². The molecule has 2 heteroatoms. The first-order valence-electron chi connectivity index (χ1n) is 6.25. The summed E-state index contributed by atoms with van der Waals surface area (Å²) >= 11 is 0. The van der Waals surface area contributed by atoms with E-state index in [0.717, 1.165) is 5.92 Å². The van der Waals surface area contributed by atoms with E-state index in [-0.39, 0.29) is 0 Å². The third kappa shape index (κ3) is 5.95. The summed E-state index contributed by atoms with van der Waals surface area (Å²) in [7, 11) is 0. The minimum Gasteiger partial charge on any atom is -0.314 e. The average Bonchev–Trinajstić information content (AvgIpc) is 2.18. The molecule has 0 spiro atoms. The largest absolute Gasteiger partial charge is 0.314 e. The summed E-state index contributed by atoms with van der Waals surface area (Å²) in [5, 5.41) is 3.39.